The highest BCUT2D eigenvalue weighted by atomic mass is 19.1. The van der Waals surface area contributed by atoms with Gasteiger partial charge in [0, 0.05) is 6.07 Å². The molecule has 0 unspecified atom stereocenters. The molecule has 3 N–H and O–H groups in total. The van der Waals surface area contributed by atoms with E-state index in [0.29, 0.717) is 5.69 Å². The number of nitrogens with two attached hydrogens (primary N) is 1. The van der Waals surface area contributed by atoms with E-state index in [9.17, 15) is 9.18 Å². The smallest absolute Gasteiger partial charge is 0.316 e. The molecule has 4 heteroatoms. The molecule has 0 aliphatic carbocycles. The number of nitrogens with one attached hydrogen (secondary N) is 1. The first-order valence-corrected chi connectivity index (χ1v) is 2.92. The van der Waals surface area contributed by atoms with E-state index in [1.54, 1.807) is 0 Å². The maximum absolute atomic E-state index is 12.2. The van der Waals surface area contributed by atoms with Gasteiger partial charge in [0.15, 0.2) is 0 Å². The Labute approximate surface area is 63.0 Å². The van der Waals surface area contributed by atoms with E-state index in [2.05, 4.69) is 11.4 Å². The van der Waals surface area contributed by atoms with Gasteiger partial charge in [-0.3, -0.25) is 0 Å². The topological polar surface area (TPSA) is 55.1 Å². The molecule has 0 aliphatic rings. The Morgan fingerprint density at radius 2 is 2.36 bits per heavy atom. The molecule has 2 amide bonds. The highest BCUT2D eigenvalue weighted by Gasteiger charge is 1.95. The fourth-order valence-electron chi connectivity index (χ4n) is 0.616. The predicted molar refractivity (Wildman–Crippen MR) is 38.4 cm³/mol. The summed E-state index contributed by atoms with van der Waals surface area (Å²) in [5.41, 5.74) is 5.16. The molecule has 0 bridgehead atoms. The number of rotatable bonds is 1. The maximum Gasteiger partial charge on any atom is 0.316 e. The molecule has 0 spiro atoms. The first-order chi connectivity index (χ1) is 5.18. The maximum atomic E-state index is 12.2. The van der Waals surface area contributed by atoms with Crippen LogP contribution in [-0.2, 0) is 0 Å². The lowest BCUT2D eigenvalue weighted by molar-refractivity contribution is 0.259. The minimum atomic E-state index is -0.687. The van der Waals surface area contributed by atoms with Crippen LogP contribution >= 0.6 is 0 Å². The number of primary amides is 1. The van der Waals surface area contributed by atoms with Crippen molar-refractivity contribution in [3.63, 3.8) is 0 Å². The zero-order chi connectivity index (χ0) is 8.27. The van der Waals surface area contributed by atoms with Crippen LogP contribution in [0.5, 0.6) is 0 Å². The number of urea groups is 1. The van der Waals surface area contributed by atoms with E-state index in [0.717, 1.165) is 6.07 Å². The third kappa shape index (κ3) is 2.25. The lowest BCUT2D eigenvalue weighted by Crippen LogP contribution is -2.19. The summed E-state index contributed by atoms with van der Waals surface area (Å²) in [7, 11) is 0. The zero-order valence-corrected chi connectivity index (χ0v) is 5.60. The molecule has 1 radical (unpaired) electrons. The van der Waals surface area contributed by atoms with E-state index in [1.165, 1.54) is 12.1 Å². The van der Waals surface area contributed by atoms with Crippen molar-refractivity contribution in [3.8, 4) is 0 Å². The quantitative estimate of drug-likeness (QED) is 0.624. The van der Waals surface area contributed by atoms with Crippen molar-refractivity contribution in [1.29, 1.82) is 0 Å². The number of hydrogen-bond acceptors (Lipinski definition) is 1. The van der Waals surface area contributed by atoms with Crippen LogP contribution in [0.15, 0.2) is 18.2 Å². The zero-order valence-electron chi connectivity index (χ0n) is 5.60. The Balaban J connectivity index is 2.74. The number of amides is 2. The molecule has 1 aromatic rings. The molecule has 0 saturated heterocycles. The molecule has 11 heavy (non-hydrogen) atoms. The highest BCUT2D eigenvalue weighted by Crippen LogP contribution is 2.05. The van der Waals surface area contributed by atoms with Crippen LogP contribution in [0.2, 0.25) is 0 Å². The third-order valence-electron chi connectivity index (χ3n) is 1.03. The van der Waals surface area contributed by atoms with Crippen LogP contribution in [0, 0.1) is 11.9 Å². The lowest BCUT2D eigenvalue weighted by Gasteiger charge is -1.98. The first-order valence-electron chi connectivity index (χ1n) is 2.92. The van der Waals surface area contributed by atoms with Gasteiger partial charge in [-0.1, -0.05) is 0 Å². The van der Waals surface area contributed by atoms with E-state index in [4.69, 9.17) is 5.73 Å². The van der Waals surface area contributed by atoms with Crippen LogP contribution in [0.4, 0.5) is 14.9 Å². The van der Waals surface area contributed by atoms with Crippen molar-refractivity contribution in [2.45, 2.75) is 0 Å². The molecular weight excluding hydrogens is 147 g/mol. The van der Waals surface area contributed by atoms with E-state index in [-0.39, 0.29) is 0 Å². The van der Waals surface area contributed by atoms with Gasteiger partial charge in [0.25, 0.3) is 0 Å². The van der Waals surface area contributed by atoms with Gasteiger partial charge in [0.2, 0.25) is 0 Å². The largest absolute Gasteiger partial charge is 0.351 e. The Hall–Kier alpha value is -1.58. The molecule has 0 aliphatic heterocycles. The summed E-state index contributed by atoms with van der Waals surface area (Å²) in [6.07, 6.45) is 0. The van der Waals surface area contributed by atoms with Crippen LogP contribution < -0.4 is 11.1 Å². The molecule has 1 aromatic carbocycles. The van der Waals surface area contributed by atoms with Crippen molar-refractivity contribution >= 4 is 11.7 Å². The lowest BCUT2D eigenvalue weighted by atomic mass is 10.3. The molecule has 1 rings (SSSR count). The average Bonchev–Trinajstić information content (AvgIpc) is 1.93. The summed E-state index contributed by atoms with van der Waals surface area (Å²) in [5, 5.41) is 2.25. The van der Waals surface area contributed by atoms with Gasteiger partial charge in [-0.25, -0.2) is 9.18 Å². The molecule has 3 nitrogen and oxygen atoms in total. The summed E-state index contributed by atoms with van der Waals surface area (Å²) in [6, 6.07) is 5.50. The molecule has 0 fully saturated rings. The average molecular weight is 153 g/mol. The standard InChI is InChI=1S/C7H6FN2O/c8-5-1-3-6(4-2-5)10-7(9)11/h1-3H,(H3,9,10,11). The van der Waals surface area contributed by atoms with Gasteiger partial charge in [-0.15, -0.1) is 0 Å². The van der Waals surface area contributed by atoms with Crippen molar-refractivity contribution in [3.05, 3.63) is 30.1 Å². The second-order valence-electron chi connectivity index (χ2n) is 1.91. The number of anilines is 1. The van der Waals surface area contributed by atoms with Gasteiger partial charge in [-0.2, -0.15) is 0 Å². The summed E-state index contributed by atoms with van der Waals surface area (Å²) in [5.74, 6) is -0.403. The summed E-state index contributed by atoms with van der Waals surface area (Å²) in [4.78, 5) is 10.3. The molecular formula is C7H6FN2O. The van der Waals surface area contributed by atoms with E-state index >= 15 is 0 Å². The second-order valence-corrected chi connectivity index (χ2v) is 1.91. The molecule has 0 aromatic heterocycles. The Bertz CT molecular complexity index is 258. The van der Waals surface area contributed by atoms with Gasteiger partial charge in [0.05, 0.1) is 5.69 Å². The highest BCUT2D eigenvalue weighted by molar-refractivity contribution is 5.87. The SMILES string of the molecule is NC(=O)Nc1[c]cc(F)cc1. The second kappa shape index (κ2) is 3.01. The van der Waals surface area contributed by atoms with Crippen molar-refractivity contribution < 1.29 is 9.18 Å². The Morgan fingerprint density at radius 3 is 2.82 bits per heavy atom. The van der Waals surface area contributed by atoms with Crippen LogP contribution in [0.25, 0.3) is 0 Å². The monoisotopic (exact) mass is 153 g/mol. The fraction of sp³-hybridized carbons (Fsp3) is 0. The van der Waals surface area contributed by atoms with E-state index < -0.39 is 11.8 Å². The van der Waals surface area contributed by atoms with E-state index in [1.807, 2.05) is 0 Å². The number of carbonyl (C=O) groups is 1. The van der Waals surface area contributed by atoms with Crippen molar-refractivity contribution in [1.82, 2.24) is 0 Å². The Morgan fingerprint density at radius 1 is 1.64 bits per heavy atom. The number of hydrogen-bond donors (Lipinski definition) is 2. The van der Waals surface area contributed by atoms with Crippen LogP contribution in [-0.4, -0.2) is 6.03 Å². The predicted octanol–water partition coefficient (Wildman–Crippen LogP) is 1.12. The molecule has 57 valence electrons. The summed E-state index contributed by atoms with van der Waals surface area (Å²) < 4.78 is 12.2. The van der Waals surface area contributed by atoms with Gasteiger partial charge in [0.1, 0.15) is 5.82 Å². The Kier molecular flexibility index (Phi) is 2.06. The summed E-state index contributed by atoms with van der Waals surface area (Å²) >= 11 is 0. The molecule has 0 saturated carbocycles. The van der Waals surface area contributed by atoms with Gasteiger partial charge in [-0.05, 0) is 18.2 Å². The van der Waals surface area contributed by atoms with Crippen LogP contribution in [0.1, 0.15) is 0 Å². The first kappa shape index (κ1) is 7.53. The summed E-state index contributed by atoms with van der Waals surface area (Å²) in [6.45, 7) is 0. The third-order valence-corrected chi connectivity index (χ3v) is 1.03. The fourth-order valence-corrected chi connectivity index (χ4v) is 0.616. The van der Waals surface area contributed by atoms with Gasteiger partial charge >= 0.3 is 6.03 Å². The minimum absolute atomic E-state index is 0.360. The van der Waals surface area contributed by atoms with Gasteiger partial charge < -0.3 is 11.1 Å². The minimum Gasteiger partial charge on any atom is -0.351 e. The van der Waals surface area contributed by atoms with Crippen LogP contribution in [0.3, 0.4) is 0 Å². The van der Waals surface area contributed by atoms with Crippen molar-refractivity contribution in [2.75, 3.05) is 5.32 Å². The molecule has 0 atom stereocenters. The number of carbonyl (C=O) groups excluding carboxylic acids is 1. The number of benzene rings is 1. The molecule has 0 heterocycles. The normalized spacial score (nSPS) is 9.18. The number of halogens is 1. The van der Waals surface area contributed by atoms with Crippen molar-refractivity contribution in [2.24, 2.45) is 5.73 Å².